The average molecular weight is 439 g/mol. The molecule has 0 bridgehead atoms. The number of allylic oxidation sites excluding steroid dienone is 1. The van der Waals surface area contributed by atoms with Crippen molar-refractivity contribution >= 4 is 64.1 Å². The Labute approximate surface area is 172 Å². The SMILES string of the molecule is CC(=O)C(=C1SCCS1)C1=c2ccc([N+](=O)[O-])cc2=[N+]([O-])C1=C1SCCS1. The van der Waals surface area contributed by atoms with Crippen LogP contribution in [-0.2, 0) is 4.79 Å². The molecule has 2 fully saturated rings. The van der Waals surface area contributed by atoms with Gasteiger partial charge in [0.2, 0.25) is 11.1 Å². The minimum absolute atomic E-state index is 0.0902. The lowest BCUT2D eigenvalue weighted by Gasteiger charge is -2.12. The predicted octanol–water partition coefficient (Wildman–Crippen LogP) is 2.68. The largest absolute Gasteiger partial charge is 0.618 e. The summed E-state index contributed by atoms with van der Waals surface area (Å²) in [6, 6.07) is 4.30. The third kappa shape index (κ3) is 3.32. The molecule has 0 radical (unpaired) electrons. The van der Waals surface area contributed by atoms with E-state index in [2.05, 4.69) is 0 Å². The van der Waals surface area contributed by atoms with Gasteiger partial charge in [0.1, 0.15) is 4.24 Å². The standard InChI is InChI=1S/C17H14N2O4S4/c1-9(20)13(16-24-4-5-25-16)14-11-3-2-10(19(22)23)8-12(11)18(21)15(14)17-26-6-7-27-17/h2-3,8H,4-7H2,1H3. The van der Waals surface area contributed by atoms with Crippen molar-refractivity contribution in [3.63, 3.8) is 0 Å². The number of thioether (sulfide) groups is 4. The molecule has 2 saturated heterocycles. The topological polar surface area (TPSA) is 86.3 Å². The van der Waals surface area contributed by atoms with E-state index in [0.29, 0.717) is 22.1 Å². The number of hydroxylamine groups is 1. The zero-order chi connectivity index (χ0) is 19.1. The number of carbonyl (C=O) groups excluding carboxylic acids is 1. The number of carbonyl (C=O) groups is 1. The van der Waals surface area contributed by atoms with E-state index in [0.717, 1.165) is 36.2 Å². The quantitative estimate of drug-likeness (QED) is 0.234. The lowest BCUT2D eigenvalue weighted by molar-refractivity contribution is -0.385. The van der Waals surface area contributed by atoms with Crippen LogP contribution < -0.4 is 15.3 Å². The number of hydrogen-bond acceptors (Lipinski definition) is 8. The van der Waals surface area contributed by atoms with Crippen LogP contribution in [-0.4, -0.2) is 33.7 Å². The van der Waals surface area contributed by atoms with Crippen LogP contribution in [0.1, 0.15) is 6.92 Å². The van der Waals surface area contributed by atoms with Crippen LogP contribution in [0, 0.1) is 15.3 Å². The molecule has 0 N–H and O–H groups in total. The maximum absolute atomic E-state index is 13.2. The molecular formula is C17H14N2O4S4. The van der Waals surface area contributed by atoms with Gasteiger partial charge < -0.3 is 5.21 Å². The first-order valence-electron chi connectivity index (χ1n) is 8.13. The molecule has 140 valence electrons. The third-order valence-corrected chi connectivity index (χ3v) is 9.63. The number of rotatable bonds is 3. The Morgan fingerprint density at radius 3 is 2.33 bits per heavy atom. The molecule has 0 spiro atoms. The molecule has 3 aliphatic heterocycles. The van der Waals surface area contributed by atoms with Crippen LogP contribution in [0.4, 0.5) is 5.69 Å². The molecule has 1 aromatic carbocycles. The summed E-state index contributed by atoms with van der Waals surface area (Å²) in [6.45, 7) is 1.52. The van der Waals surface area contributed by atoms with Crippen LogP contribution in [0.3, 0.4) is 0 Å². The van der Waals surface area contributed by atoms with Gasteiger partial charge in [0.05, 0.1) is 31.6 Å². The van der Waals surface area contributed by atoms with E-state index < -0.39 is 4.92 Å². The van der Waals surface area contributed by atoms with Crippen molar-refractivity contribution in [1.82, 2.24) is 4.74 Å². The zero-order valence-electron chi connectivity index (χ0n) is 14.2. The van der Waals surface area contributed by atoms with E-state index in [9.17, 15) is 20.1 Å². The summed E-state index contributed by atoms with van der Waals surface area (Å²) in [5.74, 6) is 3.56. The number of nitro benzene ring substituents is 1. The minimum Gasteiger partial charge on any atom is -0.618 e. The van der Waals surface area contributed by atoms with E-state index in [1.807, 2.05) is 0 Å². The molecule has 0 amide bonds. The molecule has 0 saturated carbocycles. The van der Waals surface area contributed by atoms with Crippen molar-refractivity contribution < 1.29 is 9.72 Å². The summed E-state index contributed by atoms with van der Waals surface area (Å²) in [5.41, 5.74) is 1.51. The summed E-state index contributed by atoms with van der Waals surface area (Å²) in [5, 5.41) is 25.2. The van der Waals surface area contributed by atoms with E-state index in [1.54, 1.807) is 53.1 Å². The van der Waals surface area contributed by atoms with Crippen molar-refractivity contribution in [3.8, 4) is 0 Å². The Balaban J connectivity index is 2.10. The molecule has 3 aliphatic rings. The fraction of sp³-hybridized carbons (Fsp3) is 0.294. The lowest BCUT2D eigenvalue weighted by Crippen LogP contribution is -2.30. The van der Waals surface area contributed by atoms with E-state index in [-0.39, 0.29) is 16.8 Å². The number of nitrogens with zero attached hydrogens (tertiary/aromatic N) is 2. The van der Waals surface area contributed by atoms with Crippen molar-refractivity contribution in [2.75, 3.05) is 23.0 Å². The lowest BCUT2D eigenvalue weighted by atomic mass is 10.0. The Morgan fingerprint density at radius 2 is 1.74 bits per heavy atom. The van der Waals surface area contributed by atoms with Crippen LogP contribution in [0.2, 0.25) is 0 Å². The first kappa shape index (κ1) is 19.0. The molecule has 6 nitrogen and oxygen atoms in total. The fourth-order valence-electron chi connectivity index (χ4n) is 3.12. The molecule has 3 heterocycles. The van der Waals surface area contributed by atoms with Gasteiger partial charge >= 0.3 is 0 Å². The molecule has 0 aromatic heterocycles. The maximum atomic E-state index is 13.2. The summed E-state index contributed by atoms with van der Waals surface area (Å²) < 4.78 is 2.58. The van der Waals surface area contributed by atoms with Gasteiger partial charge in [-0.05, 0) is 13.0 Å². The normalized spacial score (nSPS) is 19.1. The number of hydrogen-bond donors (Lipinski definition) is 0. The zero-order valence-corrected chi connectivity index (χ0v) is 17.5. The summed E-state index contributed by atoms with van der Waals surface area (Å²) >= 11 is 6.46. The van der Waals surface area contributed by atoms with E-state index in [1.165, 1.54) is 19.1 Å². The highest BCUT2D eigenvalue weighted by atomic mass is 32.2. The molecule has 4 rings (SSSR count). The first-order chi connectivity index (χ1) is 13.0. The Kier molecular flexibility index (Phi) is 5.32. The number of non-ortho nitro benzene ring substituents is 1. The highest BCUT2D eigenvalue weighted by molar-refractivity contribution is 8.25. The van der Waals surface area contributed by atoms with Gasteiger partial charge in [-0.2, -0.15) is 4.74 Å². The van der Waals surface area contributed by atoms with Crippen LogP contribution in [0.5, 0.6) is 0 Å². The highest BCUT2D eigenvalue weighted by Gasteiger charge is 2.36. The minimum atomic E-state index is -0.509. The predicted molar refractivity (Wildman–Crippen MR) is 115 cm³/mol. The Morgan fingerprint density at radius 1 is 1.11 bits per heavy atom. The first-order valence-corrected chi connectivity index (χ1v) is 12.1. The number of Topliss-reactive ketones (excluding diaryl/α,β-unsaturated/α-hetero) is 1. The van der Waals surface area contributed by atoms with Crippen LogP contribution in [0.15, 0.2) is 37.9 Å². The smallest absolute Gasteiger partial charge is 0.276 e. The van der Waals surface area contributed by atoms with Gasteiger partial charge in [-0.25, -0.2) is 0 Å². The molecular weight excluding hydrogens is 424 g/mol. The molecule has 27 heavy (non-hydrogen) atoms. The van der Waals surface area contributed by atoms with Crippen LogP contribution >= 0.6 is 47.0 Å². The molecule has 0 atom stereocenters. The monoisotopic (exact) mass is 438 g/mol. The highest BCUT2D eigenvalue weighted by Crippen LogP contribution is 2.46. The molecule has 0 aliphatic carbocycles. The number of benzene rings is 1. The fourth-order valence-corrected chi connectivity index (χ4v) is 8.29. The van der Waals surface area contributed by atoms with Crippen molar-refractivity contribution in [2.24, 2.45) is 0 Å². The molecule has 1 aromatic rings. The van der Waals surface area contributed by atoms with Gasteiger partial charge in [-0.15, -0.1) is 47.0 Å². The number of fused-ring (bicyclic) bond motifs is 1. The summed E-state index contributed by atoms with van der Waals surface area (Å²) in [4.78, 5) is 23.3. The van der Waals surface area contributed by atoms with Crippen molar-refractivity contribution in [1.29, 1.82) is 0 Å². The second-order valence-corrected chi connectivity index (χ2v) is 10.8. The number of ketones is 1. The van der Waals surface area contributed by atoms with Crippen LogP contribution in [0.25, 0.3) is 5.57 Å². The average Bonchev–Trinajstić information content (AvgIpc) is 3.37. The Bertz CT molecular complexity index is 1050. The van der Waals surface area contributed by atoms with Gasteiger partial charge in [-0.1, -0.05) is 0 Å². The summed E-state index contributed by atoms with van der Waals surface area (Å²) in [7, 11) is 0. The third-order valence-electron chi connectivity index (χ3n) is 4.22. The van der Waals surface area contributed by atoms with Gasteiger partial charge in [-0.3, -0.25) is 14.9 Å². The Hall–Kier alpha value is -1.36. The van der Waals surface area contributed by atoms with E-state index >= 15 is 0 Å². The van der Waals surface area contributed by atoms with E-state index in [4.69, 9.17) is 0 Å². The van der Waals surface area contributed by atoms with Gasteiger partial charge in [0.25, 0.3) is 5.69 Å². The molecule has 10 heteroatoms. The molecule has 0 unspecified atom stereocenters. The summed E-state index contributed by atoms with van der Waals surface area (Å²) in [6.07, 6.45) is 0. The van der Waals surface area contributed by atoms with Gasteiger partial charge in [0.15, 0.2) is 5.78 Å². The van der Waals surface area contributed by atoms with Crippen molar-refractivity contribution in [2.45, 2.75) is 6.92 Å². The second kappa shape index (κ2) is 7.57. The van der Waals surface area contributed by atoms with Crippen molar-refractivity contribution in [3.05, 3.63) is 63.8 Å². The maximum Gasteiger partial charge on any atom is 0.276 e. The van der Waals surface area contributed by atoms with Gasteiger partial charge in [0, 0.05) is 29.1 Å². The number of nitro groups is 1. The second-order valence-electron chi connectivity index (χ2n) is 5.88.